The summed E-state index contributed by atoms with van der Waals surface area (Å²) in [7, 11) is 1.23. The molecule has 4 aromatic rings. The molecule has 0 bridgehead atoms. The molecule has 14 nitrogen and oxygen atoms in total. The van der Waals surface area contributed by atoms with Gasteiger partial charge >= 0.3 is 12.1 Å². The Balaban J connectivity index is 1.41. The molecule has 0 spiro atoms. The number of aryl methyl sites for hydroxylation is 1. The predicted molar refractivity (Wildman–Crippen MR) is 230 cm³/mol. The van der Waals surface area contributed by atoms with Gasteiger partial charge in [-0.15, -0.1) is 0 Å². The molecule has 2 aromatic carbocycles. The fraction of sp³-hybridized carbons (Fsp3) is 0.435. The number of nitrogens with zero attached hydrogens (tertiary/aromatic N) is 5. The smallest absolute Gasteiger partial charge is 0.407 e. The SMILES string of the molecule is CCC(C)C(C(=O)NC(Cc1ccccc1)C(O)CN(Cc1ccc(-c2ccccn2)cc1)NC(=O)C(NC(=O)OC)C(C)(C)C)N1CCN(Cc2cnccc2C)C1=O. The quantitative estimate of drug-likeness (QED) is 0.0948. The molecule has 5 atom stereocenters. The molecule has 1 saturated heterocycles. The number of nitrogens with one attached hydrogen (secondary N) is 3. The van der Waals surface area contributed by atoms with Gasteiger partial charge in [-0.25, -0.2) is 14.6 Å². The van der Waals surface area contributed by atoms with Crippen molar-refractivity contribution in [2.45, 2.75) is 91.7 Å². The number of rotatable bonds is 18. The molecule has 5 unspecified atom stereocenters. The number of aliphatic hydroxyl groups is 1. The molecule has 14 heteroatoms. The number of carbonyl (C=O) groups excluding carboxylic acids is 4. The van der Waals surface area contributed by atoms with E-state index in [0.717, 1.165) is 33.5 Å². The van der Waals surface area contributed by atoms with Crippen molar-refractivity contribution in [3.63, 3.8) is 0 Å². The van der Waals surface area contributed by atoms with E-state index in [9.17, 15) is 24.3 Å². The van der Waals surface area contributed by atoms with Crippen molar-refractivity contribution < 1.29 is 29.0 Å². The highest BCUT2D eigenvalue weighted by atomic mass is 16.5. The summed E-state index contributed by atoms with van der Waals surface area (Å²) in [4.78, 5) is 66.9. The fourth-order valence-electron chi connectivity index (χ4n) is 7.33. The van der Waals surface area contributed by atoms with Crippen LogP contribution in [0.3, 0.4) is 0 Å². The average molecular weight is 821 g/mol. The normalized spacial score (nSPS) is 15.5. The van der Waals surface area contributed by atoms with Crippen LogP contribution in [0.15, 0.2) is 97.5 Å². The summed E-state index contributed by atoms with van der Waals surface area (Å²) in [6.45, 7) is 12.7. The van der Waals surface area contributed by atoms with E-state index >= 15 is 0 Å². The van der Waals surface area contributed by atoms with Crippen molar-refractivity contribution in [3.8, 4) is 11.3 Å². The standard InChI is InChI=1S/C46H60N8O6/c1-8-31(2)40(54-25-24-52(45(54)59)29-36-27-47-23-21-32(36)3)42(56)49-38(26-33-14-10-9-11-15-33)39(55)30-53(51-43(57)41(46(4,5)6)50-44(58)60-7)28-34-17-19-35(20-18-34)37-16-12-13-22-48-37/h9-23,27,31,38-41,55H,8,24-26,28-30H2,1-7H3,(H,49,56)(H,50,58)(H,51,57). The Morgan fingerprint density at radius 1 is 0.917 bits per heavy atom. The zero-order valence-corrected chi connectivity index (χ0v) is 35.8. The van der Waals surface area contributed by atoms with E-state index in [4.69, 9.17) is 4.74 Å². The summed E-state index contributed by atoms with van der Waals surface area (Å²) in [6.07, 6.45) is 4.17. The van der Waals surface area contributed by atoms with Crippen molar-refractivity contribution in [2.24, 2.45) is 11.3 Å². The third-order valence-corrected chi connectivity index (χ3v) is 11.1. The number of alkyl carbamates (subject to hydrolysis) is 1. The van der Waals surface area contributed by atoms with Crippen LogP contribution in [-0.2, 0) is 33.8 Å². The minimum absolute atomic E-state index is 0.102. The second-order valence-electron chi connectivity index (χ2n) is 16.6. The van der Waals surface area contributed by atoms with E-state index in [1.807, 2.05) is 120 Å². The molecule has 5 amide bonds. The Hall–Kier alpha value is -5.86. The van der Waals surface area contributed by atoms with Gasteiger partial charge in [0.25, 0.3) is 5.91 Å². The Labute approximate surface area is 353 Å². The first kappa shape index (κ1) is 45.2. The highest BCUT2D eigenvalue weighted by Crippen LogP contribution is 2.25. The third-order valence-electron chi connectivity index (χ3n) is 11.1. The molecule has 60 heavy (non-hydrogen) atoms. The van der Waals surface area contributed by atoms with Crippen LogP contribution in [0.5, 0.6) is 0 Å². The summed E-state index contributed by atoms with van der Waals surface area (Å²) in [5.41, 5.74) is 7.66. The van der Waals surface area contributed by atoms with Gasteiger partial charge in [0.05, 0.1) is 24.9 Å². The van der Waals surface area contributed by atoms with Gasteiger partial charge in [0.15, 0.2) is 0 Å². The van der Waals surface area contributed by atoms with Crippen LogP contribution in [0.4, 0.5) is 9.59 Å². The lowest BCUT2D eigenvalue weighted by atomic mass is 9.86. The highest BCUT2D eigenvalue weighted by Gasteiger charge is 2.41. The molecular formula is C46H60N8O6. The minimum atomic E-state index is -1.21. The Kier molecular flexibility index (Phi) is 15.8. The zero-order chi connectivity index (χ0) is 43.4. The summed E-state index contributed by atoms with van der Waals surface area (Å²) in [6, 6.07) is 22.0. The summed E-state index contributed by atoms with van der Waals surface area (Å²) < 4.78 is 4.83. The maximum atomic E-state index is 14.5. The number of methoxy groups -OCH3 is 1. The van der Waals surface area contributed by atoms with Crippen LogP contribution in [0, 0.1) is 18.3 Å². The number of amides is 5. The number of ether oxygens (including phenoxy) is 1. The van der Waals surface area contributed by atoms with E-state index in [1.165, 1.54) is 7.11 Å². The number of hydrogen-bond donors (Lipinski definition) is 4. The lowest BCUT2D eigenvalue weighted by Gasteiger charge is -2.36. The summed E-state index contributed by atoms with van der Waals surface area (Å²) >= 11 is 0. The average Bonchev–Trinajstić information content (AvgIpc) is 3.58. The van der Waals surface area contributed by atoms with E-state index in [-0.39, 0.29) is 37.4 Å². The molecule has 1 aliphatic rings. The predicted octanol–water partition coefficient (Wildman–Crippen LogP) is 5.50. The number of carbonyl (C=O) groups is 4. The maximum Gasteiger partial charge on any atom is 0.407 e. The molecule has 5 rings (SSSR count). The van der Waals surface area contributed by atoms with Crippen molar-refractivity contribution >= 4 is 23.9 Å². The number of aliphatic hydroxyl groups excluding tert-OH is 1. The molecule has 0 radical (unpaired) electrons. The van der Waals surface area contributed by atoms with Gasteiger partial charge in [-0.2, -0.15) is 0 Å². The van der Waals surface area contributed by atoms with Crippen LogP contribution in [0.25, 0.3) is 11.3 Å². The van der Waals surface area contributed by atoms with Gasteiger partial charge in [0.2, 0.25) is 5.91 Å². The number of hydrogen-bond acceptors (Lipinski definition) is 9. The Morgan fingerprint density at radius 3 is 2.27 bits per heavy atom. The minimum Gasteiger partial charge on any atom is -0.453 e. The van der Waals surface area contributed by atoms with Crippen LogP contribution < -0.4 is 16.1 Å². The van der Waals surface area contributed by atoms with Gasteiger partial charge in [-0.05, 0) is 65.1 Å². The van der Waals surface area contributed by atoms with Gasteiger partial charge in [0, 0.05) is 56.9 Å². The van der Waals surface area contributed by atoms with Crippen molar-refractivity contribution in [1.29, 1.82) is 0 Å². The number of hydrazine groups is 1. The first-order valence-corrected chi connectivity index (χ1v) is 20.6. The van der Waals surface area contributed by atoms with Gasteiger partial charge in [-0.1, -0.05) is 102 Å². The topological polar surface area (TPSA) is 169 Å². The maximum absolute atomic E-state index is 14.5. The molecular weight excluding hydrogens is 761 g/mol. The molecule has 1 fully saturated rings. The zero-order valence-electron chi connectivity index (χ0n) is 35.8. The van der Waals surface area contributed by atoms with Crippen molar-refractivity contribution in [3.05, 3.63) is 120 Å². The van der Waals surface area contributed by atoms with Crippen molar-refractivity contribution in [1.82, 2.24) is 40.8 Å². The summed E-state index contributed by atoms with van der Waals surface area (Å²) in [5.74, 6) is -1.07. The number of benzene rings is 2. The molecule has 0 saturated carbocycles. The lowest BCUT2D eigenvalue weighted by Crippen LogP contribution is -2.60. The van der Waals surface area contributed by atoms with Crippen LogP contribution in [0.1, 0.15) is 63.3 Å². The van der Waals surface area contributed by atoms with E-state index in [2.05, 4.69) is 26.0 Å². The number of urea groups is 1. The van der Waals surface area contributed by atoms with Crippen LogP contribution in [0.2, 0.25) is 0 Å². The molecule has 0 aliphatic carbocycles. The molecule has 2 aromatic heterocycles. The van der Waals surface area contributed by atoms with Gasteiger partial charge < -0.3 is 30.3 Å². The van der Waals surface area contributed by atoms with E-state index in [1.54, 1.807) is 33.4 Å². The van der Waals surface area contributed by atoms with Crippen LogP contribution >= 0.6 is 0 Å². The molecule has 3 heterocycles. The Bertz CT molecular complexity index is 2030. The van der Waals surface area contributed by atoms with E-state index in [0.29, 0.717) is 26.1 Å². The second-order valence-corrected chi connectivity index (χ2v) is 16.6. The number of aromatic nitrogens is 2. The monoisotopic (exact) mass is 820 g/mol. The fourth-order valence-corrected chi connectivity index (χ4v) is 7.33. The largest absolute Gasteiger partial charge is 0.453 e. The Morgan fingerprint density at radius 2 is 1.63 bits per heavy atom. The molecule has 320 valence electrons. The molecule has 4 N–H and O–H groups in total. The first-order chi connectivity index (χ1) is 28.7. The van der Waals surface area contributed by atoms with Gasteiger partial charge in [0.1, 0.15) is 12.1 Å². The highest BCUT2D eigenvalue weighted by molar-refractivity contribution is 5.88. The van der Waals surface area contributed by atoms with Gasteiger partial charge in [-0.3, -0.25) is 25.0 Å². The number of pyridine rings is 2. The second kappa shape index (κ2) is 20.9. The third kappa shape index (κ3) is 12.1. The molecule has 1 aliphatic heterocycles. The lowest BCUT2D eigenvalue weighted by molar-refractivity contribution is -0.132. The van der Waals surface area contributed by atoms with E-state index < -0.39 is 41.6 Å². The first-order valence-electron chi connectivity index (χ1n) is 20.6. The van der Waals surface area contributed by atoms with Crippen molar-refractivity contribution in [2.75, 3.05) is 26.7 Å². The summed E-state index contributed by atoms with van der Waals surface area (Å²) in [5, 5.41) is 19.6. The van der Waals surface area contributed by atoms with Crippen LogP contribution in [-0.4, -0.2) is 105 Å².